The molecule has 0 amide bonds. The summed E-state index contributed by atoms with van der Waals surface area (Å²) in [6.45, 7) is 3.60. The molecule has 5 heteroatoms. The maximum atomic E-state index is 11.6. The van der Waals surface area contributed by atoms with Crippen molar-refractivity contribution in [1.82, 2.24) is 0 Å². The molecule has 0 spiro atoms. The van der Waals surface area contributed by atoms with Crippen molar-refractivity contribution in [3.63, 3.8) is 0 Å². The maximum absolute atomic E-state index is 11.6. The van der Waals surface area contributed by atoms with Crippen molar-refractivity contribution in [2.45, 2.75) is 26.4 Å². The quantitative estimate of drug-likeness (QED) is 0.773. The predicted molar refractivity (Wildman–Crippen MR) is 69.5 cm³/mol. The number of hydrogen-bond donors (Lipinski definition) is 0. The lowest BCUT2D eigenvalue weighted by molar-refractivity contribution is -0.146. The summed E-state index contributed by atoms with van der Waals surface area (Å²) < 4.78 is 15.3. The molecule has 0 aliphatic rings. The van der Waals surface area contributed by atoms with Crippen molar-refractivity contribution in [3.8, 4) is 11.5 Å². The summed E-state index contributed by atoms with van der Waals surface area (Å²) in [6, 6.07) is 3.31. The zero-order valence-electron chi connectivity index (χ0n) is 11.0. The fourth-order valence-electron chi connectivity index (χ4n) is 1.49. The van der Waals surface area contributed by atoms with Gasteiger partial charge in [-0.05, 0) is 25.5 Å². The Balaban J connectivity index is 2.92. The van der Waals surface area contributed by atoms with E-state index >= 15 is 0 Å². The van der Waals surface area contributed by atoms with Crippen LogP contribution >= 0.6 is 11.6 Å². The first-order valence-electron chi connectivity index (χ1n) is 5.57. The van der Waals surface area contributed by atoms with Crippen LogP contribution < -0.4 is 9.47 Å². The number of methoxy groups -OCH3 is 2. The third-order valence-electron chi connectivity index (χ3n) is 2.25. The van der Waals surface area contributed by atoms with E-state index < -0.39 is 0 Å². The van der Waals surface area contributed by atoms with Gasteiger partial charge < -0.3 is 14.2 Å². The number of carbonyl (C=O) groups is 1. The van der Waals surface area contributed by atoms with Gasteiger partial charge in [0, 0.05) is 11.1 Å². The molecule has 1 rings (SSSR count). The molecule has 0 unspecified atom stereocenters. The summed E-state index contributed by atoms with van der Waals surface area (Å²) in [5.41, 5.74) is 0.653. The van der Waals surface area contributed by atoms with E-state index in [-0.39, 0.29) is 18.5 Å². The van der Waals surface area contributed by atoms with Crippen molar-refractivity contribution in [2.75, 3.05) is 14.2 Å². The second kappa shape index (κ2) is 6.50. The standard InChI is InChI=1S/C13H17ClO4/c1-8(2)18-13(15)6-9-5-11(16-3)12(17-4)7-10(9)14/h5,7-8H,6H2,1-4H3. The Morgan fingerprint density at radius 2 is 1.78 bits per heavy atom. The normalized spacial score (nSPS) is 10.3. The van der Waals surface area contributed by atoms with E-state index in [1.165, 1.54) is 14.2 Å². The van der Waals surface area contributed by atoms with Crippen molar-refractivity contribution >= 4 is 17.6 Å². The smallest absolute Gasteiger partial charge is 0.310 e. The van der Waals surface area contributed by atoms with Gasteiger partial charge in [0.15, 0.2) is 11.5 Å². The second-order valence-electron chi connectivity index (χ2n) is 4.01. The van der Waals surface area contributed by atoms with Crippen LogP contribution in [0.3, 0.4) is 0 Å². The number of carbonyl (C=O) groups excluding carboxylic acids is 1. The first-order valence-corrected chi connectivity index (χ1v) is 5.95. The molecule has 0 aliphatic heterocycles. The van der Waals surface area contributed by atoms with Crippen LogP contribution in [0.4, 0.5) is 0 Å². The fourth-order valence-corrected chi connectivity index (χ4v) is 1.71. The van der Waals surface area contributed by atoms with E-state index in [1.807, 2.05) is 0 Å². The van der Waals surface area contributed by atoms with Gasteiger partial charge in [-0.2, -0.15) is 0 Å². The van der Waals surface area contributed by atoms with E-state index in [0.717, 1.165) is 0 Å². The number of ether oxygens (including phenoxy) is 3. The number of esters is 1. The molecule has 1 aromatic carbocycles. The highest BCUT2D eigenvalue weighted by molar-refractivity contribution is 6.31. The highest BCUT2D eigenvalue weighted by Gasteiger charge is 2.14. The summed E-state index contributed by atoms with van der Waals surface area (Å²) in [4.78, 5) is 11.6. The molecule has 0 radical (unpaired) electrons. The van der Waals surface area contributed by atoms with Crippen LogP contribution in [0.2, 0.25) is 5.02 Å². The van der Waals surface area contributed by atoms with Gasteiger partial charge in [0.2, 0.25) is 0 Å². The van der Waals surface area contributed by atoms with Gasteiger partial charge >= 0.3 is 5.97 Å². The molecular weight excluding hydrogens is 256 g/mol. The van der Waals surface area contributed by atoms with Crippen LogP contribution in [0, 0.1) is 0 Å². The minimum absolute atomic E-state index is 0.108. The summed E-state index contributed by atoms with van der Waals surface area (Å²) in [5.74, 6) is 0.747. The topological polar surface area (TPSA) is 44.8 Å². The van der Waals surface area contributed by atoms with Gasteiger partial charge in [0.1, 0.15) is 0 Å². The Morgan fingerprint density at radius 1 is 1.22 bits per heavy atom. The van der Waals surface area contributed by atoms with Gasteiger partial charge in [-0.25, -0.2) is 0 Å². The average molecular weight is 273 g/mol. The SMILES string of the molecule is COc1cc(Cl)c(CC(=O)OC(C)C)cc1OC. The predicted octanol–water partition coefficient (Wildman–Crippen LogP) is 2.85. The van der Waals surface area contributed by atoms with Gasteiger partial charge in [0.25, 0.3) is 0 Å². The van der Waals surface area contributed by atoms with Crippen molar-refractivity contribution < 1.29 is 19.0 Å². The molecule has 100 valence electrons. The lowest BCUT2D eigenvalue weighted by atomic mass is 10.1. The minimum Gasteiger partial charge on any atom is -0.493 e. The van der Waals surface area contributed by atoms with Crippen molar-refractivity contribution in [1.29, 1.82) is 0 Å². The highest BCUT2D eigenvalue weighted by Crippen LogP contribution is 2.33. The lowest BCUT2D eigenvalue weighted by Gasteiger charge is -2.12. The molecule has 0 aromatic heterocycles. The molecule has 0 bridgehead atoms. The van der Waals surface area contributed by atoms with Gasteiger partial charge in [-0.15, -0.1) is 0 Å². The molecule has 0 saturated carbocycles. The molecule has 0 saturated heterocycles. The van der Waals surface area contributed by atoms with Crippen LogP contribution in [0.1, 0.15) is 19.4 Å². The lowest BCUT2D eigenvalue weighted by Crippen LogP contribution is -2.14. The molecule has 0 fully saturated rings. The molecular formula is C13H17ClO4. The molecule has 18 heavy (non-hydrogen) atoms. The maximum Gasteiger partial charge on any atom is 0.310 e. The van der Waals surface area contributed by atoms with Crippen LogP contribution in [-0.2, 0) is 16.0 Å². The summed E-state index contributed by atoms with van der Waals surface area (Å²) in [5, 5.41) is 0.452. The zero-order valence-corrected chi connectivity index (χ0v) is 11.7. The summed E-state index contributed by atoms with van der Waals surface area (Å²) >= 11 is 6.07. The largest absolute Gasteiger partial charge is 0.493 e. The summed E-state index contributed by atoms with van der Waals surface area (Å²) in [6.07, 6.45) is -0.0337. The molecule has 4 nitrogen and oxygen atoms in total. The molecule has 0 atom stereocenters. The van der Waals surface area contributed by atoms with Gasteiger partial charge in [-0.3, -0.25) is 4.79 Å². The Bertz CT molecular complexity index is 429. The Hall–Kier alpha value is -1.42. The van der Waals surface area contributed by atoms with Crippen LogP contribution in [-0.4, -0.2) is 26.3 Å². The third kappa shape index (κ3) is 3.81. The third-order valence-corrected chi connectivity index (χ3v) is 2.61. The van der Waals surface area contributed by atoms with Crippen LogP contribution in [0.15, 0.2) is 12.1 Å². The molecule has 0 aliphatic carbocycles. The zero-order chi connectivity index (χ0) is 13.7. The molecule has 0 N–H and O–H groups in total. The molecule has 0 heterocycles. The van der Waals surface area contributed by atoms with Gasteiger partial charge in [-0.1, -0.05) is 11.6 Å². The highest BCUT2D eigenvalue weighted by atomic mass is 35.5. The van der Waals surface area contributed by atoms with Crippen LogP contribution in [0.5, 0.6) is 11.5 Å². The minimum atomic E-state index is -0.320. The van der Waals surface area contributed by atoms with E-state index in [4.69, 9.17) is 25.8 Å². The Kier molecular flexibility index (Phi) is 5.28. The first-order chi connectivity index (χ1) is 8.47. The molecule has 1 aromatic rings. The monoisotopic (exact) mass is 272 g/mol. The van der Waals surface area contributed by atoms with E-state index in [1.54, 1.807) is 26.0 Å². The summed E-state index contributed by atoms with van der Waals surface area (Å²) in [7, 11) is 3.06. The Morgan fingerprint density at radius 3 is 2.28 bits per heavy atom. The fraction of sp³-hybridized carbons (Fsp3) is 0.462. The number of halogens is 1. The number of hydrogen-bond acceptors (Lipinski definition) is 4. The van der Waals surface area contributed by atoms with E-state index in [9.17, 15) is 4.79 Å². The van der Waals surface area contributed by atoms with Crippen LogP contribution in [0.25, 0.3) is 0 Å². The van der Waals surface area contributed by atoms with E-state index in [0.29, 0.717) is 22.1 Å². The first kappa shape index (κ1) is 14.6. The second-order valence-corrected chi connectivity index (χ2v) is 4.42. The van der Waals surface area contributed by atoms with Crippen molar-refractivity contribution in [3.05, 3.63) is 22.7 Å². The van der Waals surface area contributed by atoms with Crippen molar-refractivity contribution in [2.24, 2.45) is 0 Å². The van der Waals surface area contributed by atoms with E-state index in [2.05, 4.69) is 0 Å². The number of benzene rings is 1. The Labute approximate surface area is 112 Å². The number of rotatable bonds is 5. The van der Waals surface area contributed by atoms with Gasteiger partial charge in [0.05, 0.1) is 26.7 Å². The average Bonchev–Trinajstić information content (AvgIpc) is 2.30.